The van der Waals surface area contributed by atoms with E-state index in [1.54, 1.807) is 13.8 Å². The minimum Gasteiger partial charge on any atom is -0.449 e. The van der Waals surface area contributed by atoms with Crippen LogP contribution < -0.4 is 11.5 Å². The van der Waals surface area contributed by atoms with Crippen molar-refractivity contribution in [2.75, 3.05) is 13.2 Å². The van der Waals surface area contributed by atoms with Gasteiger partial charge < -0.3 is 21.1 Å². The molecule has 126 valence electrons. The molecule has 7 heteroatoms. The van der Waals surface area contributed by atoms with Gasteiger partial charge in [-0.05, 0) is 27.7 Å². The Morgan fingerprint density at radius 2 is 1.83 bits per heavy atom. The summed E-state index contributed by atoms with van der Waals surface area (Å²) in [5, 5.41) is 0. The summed E-state index contributed by atoms with van der Waals surface area (Å²) < 4.78 is 4.91. The number of nitrogens with zero attached hydrogens (tertiary/aromatic N) is 1. The van der Waals surface area contributed by atoms with Crippen molar-refractivity contribution in [3.63, 3.8) is 0 Å². The van der Waals surface area contributed by atoms with Gasteiger partial charge in [0, 0.05) is 41.3 Å². The van der Waals surface area contributed by atoms with Gasteiger partial charge in [0.15, 0.2) is 5.78 Å². The van der Waals surface area contributed by atoms with Gasteiger partial charge in [-0.3, -0.25) is 9.59 Å². The number of nitrogens with two attached hydrogens (primary N) is 2. The molecule has 0 saturated heterocycles. The highest BCUT2D eigenvalue weighted by atomic mass is 16.5. The second-order valence-electron chi connectivity index (χ2n) is 6.28. The van der Waals surface area contributed by atoms with Crippen LogP contribution in [0.2, 0.25) is 0 Å². The Hall–Kier alpha value is -2.15. The number of amides is 1. The summed E-state index contributed by atoms with van der Waals surface area (Å²) >= 11 is 0. The largest absolute Gasteiger partial charge is 0.449 e. The van der Waals surface area contributed by atoms with Gasteiger partial charge in [0.05, 0.1) is 5.70 Å². The fourth-order valence-corrected chi connectivity index (χ4v) is 3.20. The molecule has 1 aliphatic carbocycles. The third kappa shape index (κ3) is 2.88. The molecule has 0 fully saturated rings. The van der Waals surface area contributed by atoms with E-state index in [4.69, 9.17) is 16.2 Å². The minimum atomic E-state index is -0.900. The maximum atomic E-state index is 12.7. The van der Waals surface area contributed by atoms with Gasteiger partial charge >= 0.3 is 6.09 Å². The number of carbonyl (C=O) groups excluding carboxylic acids is 3. The highest BCUT2D eigenvalue weighted by Gasteiger charge is 2.47. The Labute approximate surface area is 135 Å². The van der Waals surface area contributed by atoms with Gasteiger partial charge in [0.25, 0.3) is 0 Å². The van der Waals surface area contributed by atoms with E-state index >= 15 is 0 Å². The van der Waals surface area contributed by atoms with E-state index in [0.717, 1.165) is 0 Å². The van der Waals surface area contributed by atoms with E-state index in [9.17, 15) is 14.4 Å². The first-order valence-electron chi connectivity index (χ1n) is 7.62. The molecule has 4 N–H and O–H groups in total. The van der Waals surface area contributed by atoms with E-state index in [1.165, 1.54) is 0 Å². The monoisotopic (exact) mass is 321 g/mol. The number of hydrogen-bond donors (Lipinski definition) is 2. The zero-order chi connectivity index (χ0) is 17.5. The van der Waals surface area contributed by atoms with Crippen LogP contribution in [0.1, 0.15) is 27.7 Å². The average Bonchev–Trinajstić information content (AvgIpc) is 2.73. The lowest BCUT2D eigenvalue weighted by Gasteiger charge is -2.30. The first kappa shape index (κ1) is 17.2. The normalized spacial score (nSPS) is 25.9. The van der Waals surface area contributed by atoms with Crippen molar-refractivity contribution in [2.45, 2.75) is 39.8 Å². The Morgan fingerprint density at radius 1 is 1.26 bits per heavy atom. The molecule has 0 spiro atoms. The fraction of sp³-hybridized carbons (Fsp3) is 0.562. The number of carbonyl (C=O) groups is 3. The van der Waals surface area contributed by atoms with Crippen LogP contribution in [0.25, 0.3) is 0 Å². The minimum absolute atomic E-state index is 0.0316. The molecule has 7 nitrogen and oxygen atoms in total. The van der Waals surface area contributed by atoms with Crippen LogP contribution in [0.3, 0.4) is 0 Å². The van der Waals surface area contributed by atoms with Crippen LogP contribution in [0, 0.1) is 5.92 Å². The molecule has 3 atom stereocenters. The van der Waals surface area contributed by atoms with E-state index < -0.39 is 12.0 Å². The number of Topliss-reactive ketones (excluding diaryl/α,β-unsaturated/α-hetero) is 2. The van der Waals surface area contributed by atoms with Gasteiger partial charge in [-0.15, -0.1) is 0 Å². The lowest BCUT2D eigenvalue weighted by Crippen LogP contribution is -2.42. The van der Waals surface area contributed by atoms with Crippen molar-refractivity contribution in [3.8, 4) is 0 Å². The zero-order valence-corrected chi connectivity index (χ0v) is 13.9. The molecule has 0 saturated carbocycles. The lowest BCUT2D eigenvalue weighted by atomic mass is 9.83. The summed E-state index contributed by atoms with van der Waals surface area (Å²) in [4.78, 5) is 38.2. The Kier molecular flexibility index (Phi) is 4.61. The highest BCUT2D eigenvalue weighted by Crippen LogP contribution is 2.40. The van der Waals surface area contributed by atoms with Crippen LogP contribution in [-0.2, 0) is 14.3 Å². The molecule has 1 amide bonds. The van der Waals surface area contributed by atoms with Crippen molar-refractivity contribution in [2.24, 2.45) is 17.4 Å². The summed E-state index contributed by atoms with van der Waals surface area (Å²) in [6.07, 6.45) is -0.900. The van der Waals surface area contributed by atoms with Crippen LogP contribution >= 0.6 is 0 Å². The molecule has 1 unspecified atom stereocenters. The number of primary amides is 1. The van der Waals surface area contributed by atoms with Gasteiger partial charge in [0.2, 0.25) is 5.78 Å². The maximum absolute atomic E-state index is 12.7. The molecule has 0 radical (unpaired) electrons. The number of allylic oxidation sites excluding steroid dienone is 2. The molecule has 0 aromatic heterocycles. The fourth-order valence-electron chi connectivity index (χ4n) is 3.20. The topological polar surface area (TPSA) is 116 Å². The molecule has 0 aromatic rings. The smallest absolute Gasteiger partial charge is 0.404 e. The van der Waals surface area contributed by atoms with E-state index in [2.05, 4.69) is 0 Å². The predicted molar refractivity (Wildman–Crippen MR) is 84.3 cm³/mol. The molecular weight excluding hydrogens is 298 g/mol. The second-order valence-corrected chi connectivity index (χ2v) is 6.28. The molecular formula is C16H23N3O4. The van der Waals surface area contributed by atoms with Gasteiger partial charge in [-0.1, -0.05) is 0 Å². The molecule has 2 rings (SSSR count). The predicted octanol–water partition coefficient (Wildman–Crippen LogP) is 0.492. The summed E-state index contributed by atoms with van der Waals surface area (Å²) in [6.45, 7) is 7.43. The van der Waals surface area contributed by atoms with Crippen molar-refractivity contribution < 1.29 is 19.1 Å². The third-order valence-electron chi connectivity index (χ3n) is 4.58. The van der Waals surface area contributed by atoms with Crippen molar-refractivity contribution >= 4 is 17.7 Å². The lowest BCUT2D eigenvalue weighted by molar-refractivity contribution is -0.117. The van der Waals surface area contributed by atoms with Crippen LogP contribution in [-0.4, -0.2) is 47.8 Å². The van der Waals surface area contributed by atoms with Crippen molar-refractivity contribution in [1.82, 2.24) is 4.90 Å². The van der Waals surface area contributed by atoms with Crippen molar-refractivity contribution in [1.29, 1.82) is 0 Å². The molecule has 0 aromatic carbocycles. The van der Waals surface area contributed by atoms with Gasteiger partial charge in [0.1, 0.15) is 6.61 Å². The number of ether oxygens (including phenoxy) is 1. The van der Waals surface area contributed by atoms with Gasteiger partial charge in [-0.2, -0.15) is 0 Å². The van der Waals surface area contributed by atoms with Crippen LogP contribution in [0.5, 0.6) is 0 Å². The average molecular weight is 321 g/mol. The zero-order valence-electron chi connectivity index (χ0n) is 13.9. The van der Waals surface area contributed by atoms with E-state index in [0.29, 0.717) is 29.0 Å². The number of rotatable bonds is 4. The molecule has 23 heavy (non-hydrogen) atoms. The second kappa shape index (κ2) is 6.16. The third-order valence-corrected chi connectivity index (χ3v) is 4.58. The Morgan fingerprint density at radius 3 is 2.35 bits per heavy atom. The van der Waals surface area contributed by atoms with Crippen LogP contribution in [0.4, 0.5) is 4.79 Å². The van der Waals surface area contributed by atoms with E-state index in [1.807, 2.05) is 18.7 Å². The SMILES string of the molecule is CC1=C(C)C(=O)C2=C(C1=O)[C@@H](COC(N)=O)C(C)N2C[C@@H](C)N. The number of hydrogen-bond acceptors (Lipinski definition) is 6. The summed E-state index contributed by atoms with van der Waals surface area (Å²) in [6, 6.07) is -0.353. The Balaban J connectivity index is 2.47. The summed E-state index contributed by atoms with van der Waals surface area (Å²) in [5.74, 6) is -0.726. The molecule has 1 heterocycles. The maximum Gasteiger partial charge on any atom is 0.404 e. The van der Waals surface area contributed by atoms with Crippen molar-refractivity contribution in [3.05, 3.63) is 22.4 Å². The Bertz CT molecular complexity index is 633. The highest BCUT2D eigenvalue weighted by molar-refractivity contribution is 6.25. The first-order chi connectivity index (χ1) is 10.7. The van der Waals surface area contributed by atoms with Crippen LogP contribution in [0.15, 0.2) is 22.4 Å². The number of ketones is 2. The molecule has 0 bridgehead atoms. The molecule has 1 aliphatic heterocycles. The van der Waals surface area contributed by atoms with Gasteiger partial charge in [-0.25, -0.2) is 4.79 Å². The standard InChI is InChI=1S/C16H23N3O4/c1-7(17)5-19-10(4)11(6-23-16(18)22)12-13(19)15(21)9(3)8(2)14(12)20/h7,10-11H,5-6,17H2,1-4H3,(H2,18,22)/t7-,10?,11+/m1/s1. The summed E-state index contributed by atoms with van der Waals surface area (Å²) in [7, 11) is 0. The molecule has 2 aliphatic rings. The quantitative estimate of drug-likeness (QED) is 0.728. The van der Waals surface area contributed by atoms with E-state index in [-0.39, 0.29) is 30.3 Å². The summed E-state index contributed by atoms with van der Waals surface area (Å²) in [5.41, 5.74) is 12.6. The first-order valence-corrected chi connectivity index (χ1v) is 7.62.